The highest BCUT2D eigenvalue weighted by Gasteiger charge is 2.58. The highest BCUT2D eigenvalue weighted by atomic mass is 16.6. The molecule has 0 spiro atoms. The van der Waals surface area contributed by atoms with Gasteiger partial charge in [-0.2, -0.15) is 0 Å². The van der Waals surface area contributed by atoms with Crippen molar-refractivity contribution in [3.63, 3.8) is 0 Å². The van der Waals surface area contributed by atoms with Crippen LogP contribution in [0.2, 0.25) is 0 Å². The number of allylic oxidation sites excluding steroid dienone is 1. The maximum Gasteiger partial charge on any atom is 0.408 e. The molecule has 3 fully saturated rings. The molecule has 4 aliphatic carbocycles. The average Bonchev–Trinajstić information content (AvgIpc) is 3.28. The molecule has 5 rings (SSSR count). The third-order valence-electron chi connectivity index (χ3n) is 12.1. The molecule has 3 saturated carbocycles. The summed E-state index contributed by atoms with van der Waals surface area (Å²) < 4.78 is 5.83. The minimum atomic E-state index is -1.11. The molecule has 232 valence electrons. The lowest BCUT2D eigenvalue weighted by atomic mass is 9.47. The summed E-state index contributed by atoms with van der Waals surface area (Å²) in [6.07, 6.45) is 16.5. The van der Waals surface area contributed by atoms with Crippen molar-refractivity contribution in [2.75, 3.05) is 0 Å². The summed E-state index contributed by atoms with van der Waals surface area (Å²) in [6, 6.07) is 5.27. The number of aromatic hydroxyl groups is 1. The van der Waals surface area contributed by atoms with E-state index in [1.165, 1.54) is 69.1 Å². The number of fused-ring (bicyclic) bond motifs is 5. The molecule has 0 aliphatic heterocycles. The van der Waals surface area contributed by atoms with Crippen molar-refractivity contribution in [3.05, 3.63) is 41.5 Å². The number of carboxylic acid groups (broad SMARTS) is 1. The Hall–Kier alpha value is -2.50. The van der Waals surface area contributed by atoms with Crippen molar-refractivity contribution < 1.29 is 24.5 Å². The number of ether oxygens (including phenoxy) is 1. The molecule has 1 aromatic carbocycles. The molecule has 0 bridgehead atoms. The van der Waals surface area contributed by atoms with E-state index in [2.05, 4.69) is 39.1 Å². The maximum atomic E-state index is 12.8. The van der Waals surface area contributed by atoms with Gasteiger partial charge in [-0.05, 0) is 109 Å². The number of benzene rings is 1. The molecule has 42 heavy (non-hydrogen) atoms. The number of carbonyl (C=O) groups excluding carboxylic acids is 1. The number of hydrogen-bond donors (Lipinski definition) is 3. The molecule has 8 atom stereocenters. The first-order valence-electron chi connectivity index (χ1n) is 16.7. The van der Waals surface area contributed by atoms with E-state index >= 15 is 0 Å². The lowest BCUT2D eigenvalue weighted by molar-refractivity contribution is -0.139. The Morgan fingerprint density at radius 2 is 1.79 bits per heavy atom. The number of unbranched alkanes of at least 4 members (excludes halogenated alkanes) is 1. The molecule has 0 saturated heterocycles. The number of hydrogen-bond acceptors (Lipinski definition) is 4. The zero-order valence-electron chi connectivity index (χ0n) is 26.2. The number of alkyl carbamates (subject to hydrolysis) is 1. The van der Waals surface area contributed by atoms with Crippen LogP contribution in [0.15, 0.2) is 35.9 Å². The molecule has 1 unspecified atom stereocenters. The van der Waals surface area contributed by atoms with Crippen molar-refractivity contribution in [2.45, 2.75) is 123 Å². The first-order valence-corrected chi connectivity index (χ1v) is 16.7. The first kappa shape index (κ1) is 30.9. The number of aliphatic carboxylic acids is 1. The van der Waals surface area contributed by atoms with Gasteiger partial charge < -0.3 is 20.3 Å². The summed E-state index contributed by atoms with van der Waals surface area (Å²) in [7, 11) is 0. The number of phenols is 1. The van der Waals surface area contributed by atoms with Crippen LogP contribution in [0, 0.1) is 40.4 Å². The largest absolute Gasteiger partial charge is 0.508 e. The number of amides is 1. The molecule has 0 radical (unpaired) electrons. The van der Waals surface area contributed by atoms with Gasteiger partial charge in [0.25, 0.3) is 0 Å². The lowest BCUT2D eigenvalue weighted by Crippen LogP contribution is -2.51. The van der Waals surface area contributed by atoms with Crippen molar-refractivity contribution in [2.24, 2.45) is 40.4 Å². The van der Waals surface area contributed by atoms with Gasteiger partial charge in [-0.25, -0.2) is 9.59 Å². The Labute approximate surface area is 252 Å². The van der Waals surface area contributed by atoms with Crippen LogP contribution < -0.4 is 5.32 Å². The Balaban J connectivity index is 1.17. The molecule has 6 nitrogen and oxygen atoms in total. The quantitative estimate of drug-likeness (QED) is 0.191. The first-order chi connectivity index (χ1) is 20.0. The summed E-state index contributed by atoms with van der Waals surface area (Å²) in [5, 5.41) is 21.7. The van der Waals surface area contributed by atoms with Gasteiger partial charge in [-0.3, -0.25) is 0 Å². The lowest BCUT2D eigenvalue weighted by Gasteiger charge is -2.58. The molecule has 4 aliphatic rings. The zero-order chi connectivity index (χ0) is 30.1. The van der Waals surface area contributed by atoms with Gasteiger partial charge in [-0.1, -0.05) is 70.7 Å². The minimum absolute atomic E-state index is 0.118. The van der Waals surface area contributed by atoms with E-state index in [4.69, 9.17) is 4.74 Å². The van der Waals surface area contributed by atoms with Crippen LogP contribution in [0.5, 0.6) is 5.75 Å². The minimum Gasteiger partial charge on any atom is -0.508 e. The van der Waals surface area contributed by atoms with Crippen LogP contribution in [0.4, 0.5) is 4.79 Å². The van der Waals surface area contributed by atoms with Crippen LogP contribution in [0.1, 0.15) is 110 Å². The predicted octanol–water partition coefficient (Wildman–Crippen LogP) is 8.28. The Morgan fingerprint density at radius 1 is 1.02 bits per heavy atom. The Bertz CT molecular complexity index is 1140. The van der Waals surface area contributed by atoms with E-state index < -0.39 is 18.1 Å². The third-order valence-corrected chi connectivity index (χ3v) is 12.1. The summed E-state index contributed by atoms with van der Waals surface area (Å²) in [5.41, 5.74) is 2.86. The van der Waals surface area contributed by atoms with Crippen molar-refractivity contribution in [1.29, 1.82) is 0 Å². The highest BCUT2D eigenvalue weighted by molar-refractivity contribution is 5.80. The number of carboxylic acids is 1. The van der Waals surface area contributed by atoms with Crippen molar-refractivity contribution >= 4 is 12.1 Å². The second-order valence-corrected chi connectivity index (χ2v) is 14.9. The molecule has 0 aromatic heterocycles. The molecule has 1 aromatic rings. The van der Waals surface area contributed by atoms with Gasteiger partial charge >= 0.3 is 12.1 Å². The Morgan fingerprint density at radius 3 is 2.50 bits per heavy atom. The van der Waals surface area contributed by atoms with Crippen molar-refractivity contribution in [3.8, 4) is 5.75 Å². The van der Waals surface area contributed by atoms with Crippen LogP contribution in [-0.4, -0.2) is 34.4 Å². The SMILES string of the molecule is CC(C)CCCC[C@H]1CC[C@H]2[C@@H]3CC=C4C[C@@H](OC(=O)NC(Cc5ccc(O)cc5)C(=O)O)CC[C@]4(C)[C@H]3CC[C@]12C. The summed E-state index contributed by atoms with van der Waals surface area (Å²) in [6.45, 7) is 9.78. The molecule has 0 heterocycles. The molecular formula is C36H53NO5. The second kappa shape index (κ2) is 12.6. The molecule has 1 amide bonds. The number of carbonyl (C=O) groups is 2. The van der Waals surface area contributed by atoms with E-state index in [1.807, 2.05) is 0 Å². The van der Waals surface area contributed by atoms with Crippen LogP contribution in [-0.2, 0) is 16.0 Å². The standard InChI is InChI=1S/C36H53NO5/c1-23(2)7-5-6-8-25-12-16-30-29-15-11-26-22-28(17-19-36(26,4)31(29)18-20-35(25,30)3)42-34(41)37-32(33(39)40)21-24-9-13-27(38)14-10-24/h9-11,13-14,23,25,28-32,38H,5-8,12,15-22H2,1-4H3,(H,37,41)(H,39,40)/t25-,28-,29-,30-,31-,32?,35+,36-/m0/s1. The fourth-order valence-electron chi connectivity index (χ4n) is 9.65. The summed E-state index contributed by atoms with van der Waals surface area (Å²) in [5.74, 6) is 3.04. The second-order valence-electron chi connectivity index (χ2n) is 14.9. The van der Waals surface area contributed by atoms with Gasteiger partial charge in [-0.15, -0.1) is 0 Å². The number of phenolic OH excluding ortho intramolecular Hbond substituents is 1. The summed E-state index contributed by atoms with van der Waals surface area (Å²) in [4.78, 5) is 24.6. The van der Waals surface area contributed by atoms with E-state index in [9.17, 15) is 19.8 Å². The van der Waals surface area contributed by atoms with Gasteiger partial charge in [0.15, 0.2) is 0 Å². The van der Waals surface area contributed by atoms with E-state index in [0.717, 1.165) is 54.9 Å². The molecular weight excluding hydrogens is 526 g/mol. The van der Waals surface area contributed by atoms with Crippen LogP contribution in [0.25, 0.3) is 0 Å². The van der Waals surface area contributed by atoms with Crippen LogP contribution >= 0.6 is 0 Å². The molecule has 6 heteroatoms. The van der Waals surface area contributed by atoms with E-state index in [0.29, 0.717) is 11.3 Å². The van der Waals surface area contributed by atoms with Gasteiger partial charge in [0.1, 0.15) is 17.9 Å². The topological polar surface area (TPSA) is 95.9 Å². The highest BCUT2D eigenvalue weighted by Crippen LogP contribution is 2.66. The smallest absolute Gasteiger partial charge is 0.408 e. The fourth-order valence-corrected chi connectivity index (χ4v) is 9.65. The van der Waals surface area contributed by atoms with Gasteiger partial charge in [0.2, 0.25) is 0 Å². The van der Waals surface area contributed by atoms with Crippen LogP contribution in [0.3, 0.4) is 0 Å². The average molecular weight is 580 g/mol. The predicted molar refractivity (Wildman–Crippen MR) is 165 cm³/mol. The normalized spacial score (nSPS) is 34.5. The summed E-state index contributed by atoms with van der Waals surface area (Å²) >= 11 is 0. The zero-order valence-corrected chi connectivity index (χ0v) is 26.2. The van der Waals surface area contributed by atoms with Gasteiger partial charge in [0, 0.05) is 12.8 Å². The van der Waals surface area contributed by atoms with Crippen molar-refractivity contribution in [1.82, 2.24) is 5.32 Å². The maximum absolute atomic E-state index is 12.8. The molecule has 3 N–H and O–H groups in total. The van der Waals surface area contributed by atoms with E-state index in [-0.39, 0.29) is 23.7 Å². The Kier molecular flexibility index (Phi) is 9.30. The monoisotopic (exact) mass is 579 g/mol. The third kappa shape index (κ3) is 6.38. The van der Waals surface area contributed by atoms with E-state index in [1.54, 1.807) is 12.1 Å². The fraction of sp³-hybridized carbons (Fsp3) is 0.722. The van der Waals surface area contributed by atoms with Gasteiger partial charge in [0.05, 0.1) is 0 Å². The number of nitrogens with one attached hydrogen (secondary N) is 1. The number of rotatable bonds is 10.